The van der Waals surface area contributed by atoms with Gasteiger partial charge in [-0.25, -0.2) is 0 Å². The van der Waals surface area contributed by atoms with Gasteiger partial charge < -0.3 is 0 Å². The molecule has 2 aromatic rings. The van der Waals surface area contributed by atoms with Crippen LogP contribution >= 0.6 is 11.8 Å². The Balaban J connectivity index is 0.000000166. The lowest BCUT2D eigenvalue weighted by atomic mass is 9.96. The lowest BCUT2D eigenvalue weighted by Gasteiger charge is -2.21. The number of ketones is 1. The molecule has 2 aliphatic rings. The van der Waals surface area contributed by atoms with Crippen molar-refractivity contribution in [2.45, 2.75) is 56.8 Å². The number of aryl methyl sites for hydroxylation is 1. The maximum Gasteiger partial charge on any atom is 0.164 e. The van der Waals surface area contributed by atoms with Crippen LogP contribution < -0.4 is 0 Å². The molecule has 0 unspecified atom stereocenters. The second kappa shape index (κ2) is 11.0. The van der Waals surface area contributed by atoms with E-state index in [-0.39, 0.29) is 5.78 Å². The van der Waals surface area contributed by atoms with Crippen molar-refractivity contribution >= 4 is 23.8 Å². The number of hydrogen-bond donors (Lipinski definition) is 0. The van der Waals surface area contributed by atoms with Crippen LogP contribution in [0.3, 0.4) is 0 Å². The quantitative estimate of drug-likeness (QED) is 0.395. The molecule has 29 heavy (non-hydrogen) atoms. The van der Waals surface area contributed by atoms with E-state index < -0.39 is 0 Å². The fourth-order valence-corrected chi connectivity index (χ4v) is 4.62. The van der Waals surface area contributed by atoms with Crippen LogP contribution in [0.1, 0.15) is 60.5 Å². The minimum atomic E-state index is 0.287. The van der Waals surface area contributed by atoms with Gasteiger partial charge in [0.05, 0.1) is 0 Å². The van der Waals surface area contributed by atoms with E-state index in [1.54, 1.807) is 11.8 Å². The van der Waals surface area contributed by atoms with Gasteiger partial charge in [-0.05, 0) is 30.0 Å². The molecule has 0 bridgehead atoms. The van der Waals surface area contributed by atoms with Gasteiger partial charge in [-0.3, -0.25) is 9.59 Å². The van der Waals surface area contributed by atoms with Crippen molar-refractivity contribution in [3.05, 3.63) is 87.9 Å². The zero-order valence-electron chi connectivity index (χ0n) is 17.0. The number of fused-ring (bicyclic) bond motifs is 1. The van der Waals surface area contributed by atoms with Crippen molar-refractivity contribution in [2.75, 3.05) is 0 Å². The van der Waals surface area contributed by atoms with Crippen LogP contribution in [0.4, 0.5) is 0 Å². The van der Waals surface area contributed by atoms with E-state index in [4.69, 9.17) is 0 Å². The molecule has 0 saturated heterocycles. The van der Waals surface area contributed by atoms with Crippen molar-refractivity contribution < 1.29 is 9.59 Å². The van der Waals surface area contributed by atoms with Crippen LogP contribution in [0.5, 0.6) is 0 Å². The number of carbonyl (C=O) groups is 2. The van der Waals surface area contributed by atoms with Gasteiger partial charge in [0.25, 0.3) is 0 Å². The summed E-state index contributed by atoms with van der Waals surface area (Å²) >= 11 is 1.72. The number of thioether (sulfide) groups is 1. The first kappa shape index (κ1) is 21.3. The molecule has 0 radical (unpaired) electrons. The zero-order chi connectivity index (χ0) is 20.5. The summed E-state index contributed by atoms with van der Waals surface area (Å²) in [6, 6.07) is 16.2. The van der Waals surface area contributed by atoms with Crippen molar-refractivity contribution in [3.63, 3.8) is 0 Å². The number of Topliss-reactive ketones (excluding diaryl/α,β-unsaturated/α-hetero) is 1. The molecule has 0 N–H and O–H groups in total. The van der Waals surface area contributed by atoms with Gasteiger partial charge in [0.2, 0.25) is 0 Å². The molecule has 1 aliphatic carbocycles. The third kappa shape index (κ3) is 6.04. The van der Waals surface area contributed by atoms with Gasteiger partial charge in [-0.2, -0.15) is 0 Å². The van der Waals surface area contributed by atoms with Crippen molar-refractivity contribution in [1.29, 1.82) is 0 Å². The molecule has 1 aliphatic heterocycles. The highest BCUT2D eigenvalue weighted by molar-refractivity contribution is 8.03. The summed E-state index contributed by atoms with van der Waals surface area (Å²) in [5, 5.41) is 0. The standard InChI is InChI=1S/C13H10OS.C13H18O/c14-11-5-3-7-13-10(11)8-9-4-1-2-6-12(9)15-13;1-2-3-4-5-6-12-7-9-13(11-14)10-8-12/h1-4,6-7H,5,8H2;7-11H,2-6H2,1H3. The van der Waals surface area contributed by atoms with Crippen molar-refractivity contribution in [2.24, 2.45) is 0 Å². The van der Waals surface area contributed by atoms with Gasteiger partial charge >= 0.3 is 0 Å². The van der Waals surface area contributed by atoms with E-state index in [1.807, 2.05) is 30.3 Å². The van der Waals surface area contributed by atoms with Crippen LogP contribution in [0.2, 0.25) is 0 Å². The predicted octanol–water partition coefficient (Wildman–Crippen LogP) is 6.74. The molecule has 3 heteroatoms. The Kier molecular flexibility index (Phi) is 8.06. The Morgan fingerprint density at radius 1 is 1.00 bits per heavy atom. The van der Waals surface area contributed by atoms with E-state index in [1.165, 1.54) is 41.7 Å². The lowest BCUT2D eigenvalue weighted by Crippen LogP contribution is -2.12. The number of carbonyl (C=O) groups excluding carboxylic acids is 2. The van der Waals surface area contributed by atoms with E-state index in [0.29, 0.717) is 6.42 Å². The molecule has 0 spiro atoms. The number of benzene rings is 2. The van der Waals surface area contributed by atoms with Crippen LogP contribution in [0, 0.1) is 0 Å². The van der Waals surface area contributed by atoms with E-state index in [9.17, 15) is 9.59 Å². The smallest absolute Gasteiger partial charge is 0.164 e. The average Bonchev–Trinajstić information content (AvgIpc) is 2.77. The normalized spacial score (nSPS) is 14.6. The monoisotopic (exact) mass is 404 g/mol. The fraction of sp³-hybridized carbons (Fsp3) is 0.308. The highest BCUT2D eigenvalue weighted by atomic mass is 32.2. The van der Waals surface area contributed by atoms with Crippen LogP contribution in [0.15, 0.2) is 76.1 Å². The minimum Gasteiger partial charge on any atom is -0.298 e. The third-order valence-electron chi connectivity index (χ3n) is 5.20. The summed E-state index contributed by atoms with van der Waals surface area (Å²) in [6.07, 6.45) is 12.6. The molecule has 0 aromatic heterocycles. The maximum absolute atomic E-state index is 11.7. The SMILES string of the molecule is CCCCCCc1ccc(C=O)cc1.O=C1CC=CC2=C1Cc1ccccc1S2. The lowest BCUT2D eigenvalue weighted by molar-refractivity contribution is -0.115. The molecule has 1 heterocycles. The van der Waals surface area contributed by atoms with Gasteiger partial charge in [0.1, 0.15) is 6.29 Å². The summed E-state index contributed by atoms with van der Waals surface area (Å²) in [5.41, 5.74) is 4.39. The summed E-state index contributed by atoms with van der Waals surface area (Å²) in [4.78, 5) is 24.6. The summed E-state index contributed by atoms with van der Waals surface area (Å²) in [5.74, 6) is 0.287. The van der Waals surface area contributed by atoms with Crippen molar-refractivity contribution in [3.8, 4) is 0 Å². The molecule has 0 fully saturated rings. The summed E-state index contributed by atoms with van der Waals surface area (Å²) in [6.45, 7) is 2.22. The molecule has 150 valence electrons. The second-order valence-corrected chi connectivity index (χ2v) is 8.51. The molecule has 4 rings (SSSR count). The first-order valence-electron chi connectivity index (χ1n) is 10.4. The number of allylic oxidation sites excluding steroid dienone is 3. The number of hydrogen-bond acceptors (Lipinski definition) is 3. The highest BCUT2D eigenvalue weighted by Gasteiger charge is 2.23. The Morgan fingerprint density at radius 3 is 2.55 bits per heavy atom. The largest absolute Gasteiger partial charge is 0.298 e. The van der Waals surface area contributed by atoms with Crippen LogP contribution in [-0.2, 0) is 17.6 Å². The molecule has 2 aromatic carbocycles. The van der Waals surface area contributed by atoms with Gasteiger partial charge in [-0.15, -0.1) is 0 Å². The molecular formula is C26H28O2S. The fourth-order valence-electron chi connectivity index (χ4n) is 3.49. The Bertz CT molecular complexity index is 907. The number of unbranched alkanes of at least 4 members (excludes halogenated alkanes) is 3. The topological polar surface area (TPSA) is 34.1 Å². The molecule has 0 amide bonds. The number of aldehydes is 1. The van der Waals surface area contributed by atoms with Crippen molar-refractivity contribution in [1.82, 2.24) is 0 Å². The zero-order valence-corrected chi connectivity index (χ0v) is 17.8. The van der Waals surface area contributed by atoms with Crippen LogP contribution in [0.25, 0.3) is 0 Å². The highest BCUT2D eigenvalue weighted by Crippen LogP contribution is 2.40. The van der Waals surface area contributed by atoms with Crippen LogP contribution in [-0.4, -0.2) is 12.1 Å². The van der Waals surface area contributed by atoms with Gasteiger partial charge in [0, 0.05) is 33.8 Å². The average molecular weight is 405 g/mol. The van der Waals surface area contributed by atoms with Gasteiger partial charge in [0.15, 0.2) is 5.78 Å². The van der Waals surface area contributed by atoms with E-state index in [0.717, 1.165) is 35.2 Å². The predicted molar refractivity (Wildman–Crippen MR) is 121 cm³/mol. The maximum atomic E-state index is 11.7. The molecular weight excluding hydrogens is 376 g/mol. The van der Waals surface area contributed by atoms with Gasteiger partial charge in [-0.1, -0.05) is 92.6 Å². The first-order valence-corrected chi connectivity index (χ1v) is 11.3. The Hall–Kier alpha value is -2.39. The number of rotatable bonds is 6. The Labute approximate surface area is 178 Å². The molecule has 2 nitrogen and oxygen atoms in total. The Morgan fingerprint density at radius 2 is 1.79 bits per heavy atom. The summed E-state index contributed by atoms with van der Waals surface area (Å²) < 4.78 is 0. The first-order chi connectivity index (χ1) is 14.2. The molecule has 0 atom stereocenters. The summed E-state index contributed by atoms with van der Waals surface area (Å²) in [7, 11) is 0. The van der Waals surface area contributed by atoms with E-state index in [2.05, 4.69) is 37.3 Å². The third-order valence-corrected chi connectivity index (χ3v) is 6.42. The molecule has 0 saturated carbocycles. The second-order valence-electron chi connectivity index (χ2n) is 7.43. The minimum absolute atomic E-state index is 0.287. The van der Waals surface area contributed by atoms with E-state index >= 15 is 0 Å².